The number of hydrogen-bond acceptors (Lipinski definition) is 4. The van der Waals surface area contributed by atoms with Gasteiger partial charge in [0.15, 0.2) is 5.11 Å². The van der Waals surface area contributed by atoms with Crippen molar-refractivity contribution >= 4 is 35.1 Å². The fourth-order valence-electron chi connectivity index (χ4n) is 3.25. The van der Waals surface area contributed by atoms with E-state index in [1.165, 1.54) is 9.91 Å². The third-order valence-electron chi connectivity index (χ3n) is 4.83. The lowest BCUT2D eigenvalue weighted by Crippen LogP contribution is -2.50. The quantitative estimate of drug-likeness (QED) is 0.633. The minimum atomic E-state index is -0.873. The maximum absolute atomic E-state index is 12.8. The molecule has 1 aliphatic rings. The highest BCUT2D eigenvalue weighted by Gasteiger charge is 2.43. The summed E-state index contributed by atoms with van der Waals surface area (Å²) in [6.45, 7) is 2.62. The largest absolute Gasteiger partial charge is 0.356 e. The van der Waals surface area contributed by atoms with Gasteiger partial charge in [0.1, 0.15) is 6.04 Å². The molecule has 7 nitrogen and oxygen atoms in total. The molecule has 0 saturated carbocycles. The summed E-state index contributed by atoms with van der Waals surface area (Å²) in [6, 6.07) is 17.6. The van der Waals surface area contributed by atoms with E-state index >= 15 is 0 Å². The summed E-state index contributed by atoms with van der Waals surface area (Å²) in [5, 5.41) is 4.35. The van der Waals surface area contributed by atoms with Crippen LogP contribution in [0.2, 0.25) is 0 Å². The minimum Gasteiger partial charge on any atom is -0.356 e. The monoisotopic (exact) mass is 424 g/mol. The van der Waals surface area contributed by atoms with Crippen LogP contribution in [0.3, 0.4) is 0 Å². The fraction of sp³-hybridized carbons (Fsp3) is 0.273. The Labute approximate surface area is 181 Å². The van der Waals surface area contributed by atoms with E-state index in [1.807, 2.05) is 36.4 Å². The zero-order valence-corrected chi connectivity index (χ0v) is 17.5. The molecule has 1 atom stereocenters. The summed E-state index contributed by atoms with van der Waals surface area (Å²) in [5.74, 6) is -0.962. The van der Waals surface area contributed by atoms with Gasteiger partial charge in [-0.1, -0.05) is 48.5 Å². The molecule has 1 aliphatic heterocycles. The van der Waals surface area contributed by atoms with E-state index in [1.54, 1.807) is 31.2 Å². The maximum Gasteiger partial charge on any atom is 0.269 e. The standard InChI is InChI=1S/C22H24N4O3S/c1-2-25-21(29)18(15-19(27)23-14-13-16-9-5-3-6-10-16)26(22(25)30)24-20(28)17-11-7-4-8-12-17/h3-12,18H,2,13-15H2,1H3,(H,23,27)(H,24,28). The summed E-state index contributed by atoms with van der Waals surface area (Å²) in [4.78, 5) is 39.2. The van der Waals surface area contributed by atoms with Gasteiger partial charge in [-0.3, -0.25) is 24.7 Å². The van der Waals surface area contributed by atoms with E-state index in [4.69, 9.17) is 12.2 Å². The number of hydrazine groups is 1. The second-order valence-electron chi connectivity index (χ2n) is 6.85. The number of rotatable bonds is 8. The van der Waals surface area contributed by atoms with Gasteiger partial charge in [-0.05, 0) is 43.3 Å². The topological polar surface area (TPSA) is 81.8 Å². The molecule has 0 aliphatic carbocycles. The summed E-state index contributed by atoms with van der Waals surface area (Å²) in [7, 11) is 0. The predicted molar refractivity (Wildman–Crippen MR) is 117 cm³/mol. The van der Waals surface area contributed by atoms with Crippen molar-refractivity contribution in [2.75, 3.05) is 13.1 Å². The van der Waals surface area contributed by atoms with Crippen LogP contribution in [0, 0.1) is 0 Å². The lowest BCUT2D eigenvalue weighted by molar-refractivity contribution is -0.132. The average Bonchev–Trinajstić information content (AvgIpc) is 2.98. The van der Waals surface area contributed by atoms with Crippen LogP contribution in [-0.4, -0.2) is 51.9 Å². The van der Waals surface area contributed by atoms with Crippen molar-refractivity contribution in [2.24, 2.45) is 0 Å². The van der Waals surface area contributed by atoms with Gasteiger partial charge in [0.25, 0.3) is 11.8 Å². The first-order valence-corrected chi connectivity index (χ1v) is 10.2. The molecule has 2 aromatic carbocycles. The molecule has 0 aromatic heterocycles. The highest BCUT2D eigenvalue weighted by molar-refractivity contribution is 7.80. The van der Waals surface area contributed by atoms with Crippen LogP contribution >= 0.6 is 12.2 Å². The minimum absolute atomic E-state index is 0.0979. The molecule has 30 heavy (non-hydrogen) atoms. The van der Waals surface area contributed by atoms with Gasteiger partial charge in [-0.2, -0.15) is 0 Å². The van der Waals surface area contributed by atoms with E-state index in [9.17, 15) is 14.4 Å². The number of likely N-dealkylation sites (N-methyl/N-ethyl adjacent to an activating group) is 1. The molecule has 0 radical (unpaired) electrons. The third kappa shape index (κ3) is 5.01. The number of nitrogens with zero attached hydrogens (tertiary/aromatic N) is 2. The van der Waals surface area contributed by atoms with Gasteiger partial charge < -0.3 is 5.32 Å². The molecule has 2 aromatic rings. The molecule has 3 rings (SSSR count). The first kappa shape index (κ1) is 21.4. The van der Waals surface area contributed by atoms with Crippen LogP contribution in [0.4, 0.5) is 0 Å². The fourth-order valence-corrected chi connectivity index (χ4v) is 3.64. The Hall–Kier alpha value is -3.26. The Kier molecular flexibility index (Phi) is 7.13. The van der Waals surface area contributed by atoms with Gasteiger partial charge in [0.2, 0.25) is 5.91 Å². The van der Waals surface area contributed by atoms with Crippen LogP contribution in [0.5, 0.6) is 0 Å². The van der Waals surface area contributed by atoms with Gasteiger partial charge in [-0.15, -0.1) is 0 Å². The third-order valence-corrected chi connectivity index (χ3v) is 5.25. The Morgan fingerprint density at radius 2 is 1.67 bits per heavy atom. The molecule has 1 fully saturated rings. The van der Waals surface area contributed by atoms with Gasteiger partial charge >= 0.3 is 0 Å². The zero-order valence-electron chi connectivity index (χ0n) is 16.7. The number of amides is 3. The van der Waals surface area contributed by atoms with Crippen molar-refractivity contribution < 1.29 is 14.4 Å². The maximum atomic E-state index is 12.8. The van der Waals surface area contributed by atoms with Crippen LogP contribution in [0.1, 0.15) is 29.3 Å². The molecule has 3 amide bonds. The SMILES string of the molecule is CCN1C(=O)C(CC(=O)NCCc2ccccc2)N(NC(=O)c2ccccc2)C1=S. The average molecular weight is 425 g/mol. The molecule has 0 spiro atoms. The number of nitrogens with one attached hydrogen (secondary N) is 2. The molecule has 2 N–H and O–H groups in total. The van der Waals surface area contributed by atoms with Gasteiger partial charge in [0, 0.05) is 18.7 Å². The van der Waals surface area contributed by atoms with Gasteiger partial charge in [0.05, 0.1) is 6.42 Å². The molecule has 0 bridgehead atoms. The Morgan fingerprint density at radius 3 is 2.30 bits per heavy atom. The first-order valence-electron chi connectivity index (χ1n) is 9.82. The van der Waals surface area contributed by atoms with E-state index in [2.05, 4.69) is 10.7 Å². The Morgan fingerprint density at radius 1 is 1.03 bits per heavy atom. The Bertz CT molecular complexity index is 920. The van der Waals surface area contributed by atoms with Crippen LogP contribution in [-0.2, 0) is 16.0 Å². The number of carbonyl (C=O) groups is 3. The molecule has 1 unspecified atom stereocenters. The summed E-state index contributed by atoms with van der Waals surface area (Å²) in [5.41, 5.74) is 4.24. The van der Waals surface area contributed by atoms with Crippen molar-refractivity contribution in [3.63, 3.8) is 0 Å². The predicted octanol–water partition coefficient (Wildman–Crippen LogP) is 1.90. The summed E-state index contributed by atoms with van der Waals surface area (Å²) >= 11 is 5.37. The molecule has 1 heterocycles. The van der Waals surface area contributed by atoms with Crippen molar-refractivity contribution in [3.05, 3.63) is 71.8 Å². The number of hydrogen-bond donors (Lipinski definition) is 2. The molecule has 1 saturated heterocycles. The number of thiocarbonyl (C=S) groups is 1. The normalized spacial score (nSPS) is 16.0. The zero-order chi connectivity index (χ0) is 21.5. The highest BCUT2D eigenvalue weighted by Crippen LogP contribution is 2.19. The first-order chi connectivity index (χ1) is 14.5. The molecule has 156 valence electrons. The lowest BCUT2D eigenvalue weighted by atomic mass is 10.1. The van der Waals surface area contributed by atoms with Crippen molar-refractivity contribution in [1.29, 1.82) is 0 Å². The van der Waals surface area contributed by atoms with Crippen LogP contribution < -0.4 is 10.7 Å². The van der Waals surface area contributed by atoms with Crippen molar-refractivity contribution in [1.82, 2.24) is 20.7 Å². The second kappa shape index (κ2) is 9.98. The van der Waals surface area contributed by atoms with Crippen molar-refractivity contribution in [3.8, 4) is 0 Å². The van der Waals surface area contributed by atoms with E-state index in [-0.39, 0.29) is 23.3 Å². The number of carbonyl (C=O) groups excluding carboxylic acids is 3. The second-order valence-corrected chi connectivity index (χ2v) is 7.21. The molecular formula is C22H24N4O3S. The lowest BCUT2D eigenvalue weighted by Gasteiger charge is -2.24. The van der Waals surface area contributed by atoms with Gasteiger partial charge in [-0.25, -0.2) is 5.01 Å². The smallest absolute Gasteiger partial charge is 0.269 e. The summed E-state index contributed by atoms with van der Waals surface area (Å²) in [6.07, 6.45) is 0.596. The van der Waals surface area contributed by atoms with E-state index in [0.29, 0.717) is 25.1 Å². The van der Waals surface area contributed by atoms with Crippen molar-refractivity contribution in [2.45, 2.75) is 25.8 Å². The van der Waals surface area contributed by atoms with Crippen LogP contribution in [0.15, 0.2) is 60.7 Å². The van der Waals surface area contributed by atoms with E-state index < -0.39 is 11.9 Å². The molecule has 8 heteroatoms. The van der Waals surface area contributed by atoms with Crippen LogP contribution in [0.25, 0.3) is 0 Å². The Balaban J connectivity index is 1.63. The number of benzene rings is 2. The summed E-state index contributed by atoms with van der Waals surface area (Å²) < 4.78 is 0. The molecular weight excluding hydrogens is 400 g/mol. The highest BCUT2D eigenvalue weighted by atomic mass is 32.1. The van der Waals surface area contributed by atoms with E-state index in [0.717, 1.165) is 5.56 Å².